The number of unbranched alkanes of at least 4 members (excludes halogenated alkanes) is 1. The van der Waals surface area contributed by atoms with Crippen LogP contribution >= 0.6 is 0 Å². The van der Waals surface area contributed by atoms with Crippen molar-refractivity contribution in [3.63, 3.8) is 0 Å². The van der Waals surface area contributed by atoms with Gasteiger partial charge in [-0.2, -0.15) is 0 Å². The second-order valence-corrected chi connectivity index (χ2v) is 6.06. The summed E-state index contributed by atoms with van der Waals surface area (Å²) in [6.07, 6.45) is 4.35. The first kappa shape index (κ1) is 16.4. The lowest BCUT2D eigenvalue weighted by atomic mass is 10.1. The summed E-state index contributed by atoms with van der Waals surface area (Å²) in [5.74, 6) is 0.830. The Balaban J connectivity index is 2.72. The van der Waals surface area contributed by atoms with Crippen molar-refractivity contribution in [2.24, 2.45) is 5.92 Å². The Morgan fingerprint density at radius 1 is 1.37 bits per heavy atom. The monoisotopic (exact) mass is 270 g/mol. The summed E-state index contributed by atoms with van der Waals surface area (Å²) in [6.45, 7) is 9.23. The van der Waals surface area contributed by atoms with Gasteiger partial charge in [0.2, 0.25) is 5.91 Å². The molecule has 4 heteroatoms. The Bertz CT molecular complexity index is 281. The Morgan fingerprint density at radius 3 is 2.58 bits per heavy atom. The Kier molecular flexibility index (Phi) is 6.80. The van der Waals surface area contributed by atoms with Crippen LogP contribution in [-0.2, 0) is 9.53 Å². The molecular formula is C15H30N2O2. The van der Waals surface area contributed by atoms with E-state index in [1.807, 2.05) is 4.90 Å². The number of amides is 1. The maximum atomic E-state index is 12.5. The molecule has 19 heavy (non-hydrogen) atoms. The third kappa shape index (κ3) is 4.46. The maximum absolute atomic E-state index is 12.5. The molecule has 1 aliphatic heterocycles. The number of carbonyl (C=O) groups is 1. The molecule has 112 valence electrons. The molecule has 0 bridgehead atoms. The van der Waals surface area contributed by atoms with Crippen LogP contribution in [0.15, 0.2) is 0 Å². The lowest BCUT2D eigenvalue weighted by Crippen LogP contribution is -2.45. The molecule has 0 radical (unpaired) electrons. The van der Waals surface area contributed by atoms with Crippen LogP contribution in [0, 0.1) is 5.92 Å². The minimum Gasteiger partial charge on any atom is -0.383 e. The number of hydrogen-bond donors (Lipinski definition) is 1. The van der Waals surface area contributed by atoms with E-state index in [9.17, 15) is 4.79 Å². The van der Waals surface area contributed by atoms with Crippen molar-refractivity contribution in [3.05, 3.63) is 0 Å². The summed E-state index contributed by atoms with van der Waals surface area (Å²) in [4.78, 5) is 14.5. The highest BCUT2D eigenvalue weighted by atomic mass is 16.5. The first-order chi connectivity index (χ1) is 9.01. The molecule has 0 aromatic carbocycles. The molecule has 0 saturated carbocycles. The van der Waals surface area contributed by atoms with Gasteiger partial charge < -0.3 is 9.64 Å². The normalized spacial score (nSPS) is 25.4. The molecule has 1 N–H and O–H groups in total. The van der Waals surface area contributed by atoms with Gasteiger partial charge in [-0.05, 0) is 25.7 Å². The van der Waals surface area contributed by atoms with Crippen molar-refractivity contribution in [1.29, 1.82) is 0 Å². The van der Waals surface area contributed by atoms with Gasteiger partial charge in [0.25, 0.3) is 0 Å². The van der Waals surface area contributed by atoms with Gasteiger partial charge in [0, 0.05) is 7.11 Å². The number of nitrogens with zero attached hydrogens (tertiary/aromatic N) is 1. The zero-order chi connectivity index (χ0) is 14.4. The molecule has 1 aliphatic rings. The van der Waals surface area contributed by atoms with Crippen molar-refractivity contribution in [1.82, 2.24) is 10.2 Å². The molecule has 0 aromatic heterocycles. The third-order valence-electron chi connectivity index (χ3n) is 3.71. The second kappa shape index (κ2) is 7.85. The molecular weight excluding hydrogens is 240 g/mol. The Morgan fingerprint density at radius 2 is 2.05 bits per heavy atom. The Hall–Kier alpha value is -0.610. The maximum Gasteiger partial charge on any atom is 0.241 e. The van der Waals surface area contributed by atoms with E-state index in [2.05, 4.69) is 33.0 Å². The second-order valence-electron chi connectivity index (χ2n) is 6.06. The van der Waals surface area contributed by atoms with Gasteiger partial charge in [0.15, 0.2) is 0 Å². The molecule has 3 unspecified atom stereocenters. The molecule has 1 rings (SSSR count). The van der Waals surface area contributed by atoms with Crippen molar-refractivity contribution < 1.29 is 9.53 Å². The van der Waals surface area contributed by atoms with Gasteiger partial charge >= 0.3 is 0 Å². The van der Waals surface area contributed by atoms with Crippen LogP contribution in [0.5, 0.6) is 0 Å². The fraction of sp³-hybridized carbons (Fsp3) is 0.933. The van der Waals surface area contributed by atoms with E-state index in [0.29, 0.717) is 12.5 Å². The summed E-state index contributed by atoms with van der Waals surface area (Å²) < 4.78 is 5.21. The van der Waals surface area contributed by atoms with Crippen molar-refractivity contribution in [2.45, 2.75) is 71.6 Å². The van der Waals surface area contributed by atoms with E-state index >= 15 is 0 Å². The van der Waals surface area contributed by atoms with Crippen LogP contribution in [-0.4, -0.2) is 42.8 Å². The van der Waals surface area contributed by atoms with Gasteiger partial charge in [0.1, 0.15) is 0 Å². The summed E-state index contributed by atoms with van der Waals surface area (Å²) >= 11 is 0. The average Bonchev–Trinajstić information content (AvgIpc) is 2.62. The van der Waals surface area contributed by atoms with Crippen molar-refractivity contribution in [2.75, 3.05) is 13.7 Å². The molecule has 0 aliphatic carbocycles. The van der Waals surface area contributed by atoms with Gasteiger partial charge in [-0.15, -0.1) is 0 Å². The zero-order valence-corrected chi connectivity index (χ0v) is 13.1. The highest BCUT2D eigenvalue weighted by molar-refractivity contribution is 5.84. The number of ether oxygens (including phenoxy) is 1. The number of nitrogens with one attached hydrogen (secondary N) is 1. The molecule has 1 amide bonds. The van der Waals surface area contributed by atoms with Crippen LogP contribution in [0.2, 0.25) is 0 Å². The summed E-state index contributed by atoms with van der Waals surface area (Å²) in [6, 6.07) is 0.142. The minimum absolute atomic E-state index is 0.00278. The summed E-state index contributed by atoms with van der Waals surface area (Å²) in [7, 11) is 1.69. The van der Waals surface area contributed by atoms with Crippen LogP contribution < -0.4 is 5.32 Å². The van der Waals surface area contributed by atoms with Crippen LogP contribution in [0.4, 0.5) is 0 Å². The minimum atomic E-state index is 0.00278. The van der Waals surface area contributed by atoms with Gasteiger partial charge in [0.05, 0.1) is 24.9 Å². The molecule has 1 fully saturated rings. The van der Waals surface area contributed by atoms with Crippen molar-refractivity contribution in [3.8, 4) is 0 Å². The highest BCUT2D eigenvalue weighted by Crippen LogP contribution is 2.22. The molecule has 1 heterocycles. The standard InChI is InChI=1S/C15H30N2O2/c1-6-7-8-13-15(18)17(12(4)10-19-5)14(16-13)9-11(2)3/h11-14,16H,6-10H2,1-5H3. The Labute approximate surface area is 117 Å². The first-order valence-electron chi connectivity index (χ1n) is 7.58. The molecule has 1 saturated heterocycles. The van der Waals surface area contributed by atoms with Crippen LogP contribution in [0.25, 0.3) is 0 Å². The number of methoxy groups -OCH3 is 1. The fourth-order valence-electron chi connectivity index (χ4n) is 2.81. The van der Waals surface area contributed by atoms with E-state index in [1.165, 1.54) is 0 Å². The largest absolute Gasteiger partial charge is 0.383 e. The number of carbonyl (C=O) groups excluding carboxylic acids is 1. The first-order valence-corrected chi connectivity index (χ1v) is 7.58. The lowest BCUT2D eigenvalue weighted by Gasteiger charge is -2.30. The summed E-state index contributed by atoms with van der Waals surface area (Å²) in [5.41, 5.74) is 0. The fourth-order valence-corrected chi connectivity index (χ4v) is 2.81. The third-order valence-corrected chi connectivity index (χ3v) is 3.71. The quantitative estimate of drug-likeness (QED) is 0.736. The molecule has 0 aromatic rings. The van der Waals surface area contributed by atoms with Gasteiger partial charge in [-0.1, -0.05) is 33.6 Å². The average molecular weight is 270 g/mol. The number of rotatable bonds is 8. The van der Waals surface area contributed by atoms with Gasteiger partial charge in [-0.3, -0.25) is 10.1 Å². The van der Waals surface area contributed by atoms with E-state index < -0.39 is 0 Å². The van der Waals surface area contributed by atoms with Gasteiger partial charge in [-0.25, -0.2) is 0 Å². The predicted octanol–water partition coefficient (Wildman–Crippen LogP) is 2.38. The van der Waals surface area contributed by atoms with E-state index in [-0.39, 0.29) is 24.2 Å². The van der Waals surface area contributed by atoms with Crippen LogP contribution in [0.3, 0.4) is 0 Å². The zero-order valence-electron chi connectivity index (χ0n) is 13.1. The summed E-state index contributed by atoms with van der Waals surface area (Å²) in [5, 5.41) is 3.52. The number of hydrogen-bond acceptors (Lipinski definition) is 3. The van der Waals surface area contributed by atoms with Crippen molar-refractivity contribution >= 4 is 5.91 Å². The SMILES string of the molecule is CCCCC1NC(CC(C)C)N(C(C)COC)C1=O. The van der Waals surface area contributed by atoms with E-state index in [1.54, 1.807) is 7.11 Å². The van der Waals surface area contributed by atoms with E-state index in [4.69, 9.17) is 4.74 Å². The lowest BCUT2D eigenvalue weighted by molar-refractivity contribution is -0.133. The topological polar surface area (TPSA) is 41.6 Å². The highest BCUT2D eigenvalue weighted by Gasteiger charge is 2.40. The smallest absolute Gasteiger partial charge is 0.241 e. The molecule has 3 atom stereocenters. The van der Waals surface area contributed by atoms with Crippen LogP contribution in [0.1, 0.15) is 53.4 Å². The van der Waals surface area contributed by atoms with E-state index in [0.717, 1.165) is 25.7 Å². The predicted molar refractivity (Wildman–Crippen MR) is 77.9 cm³/mol. The molecule has 0 spiro atoms. The molecule has 4 nitrogen and oxygen atoms in total.